The molecule has 1 saturated heterocycles. The first kappa shape index (κ1) is 16.7. The van der Waals surface area contributed by atoms with Crippen molar-refractivity contribution in [2.75, 3.05) is 56.6 Å². The summed E-state index contributed by atoms with van der Waals surface area (Å²) in [6.45, 7) is 8.36. The zero-order chi connectivity index (χ0) is 16.6. The SMILES string of the molecule is CCNc1nc(NCCN2CCOCC2)cc(-c2ccccc2)n1. The van der Waals surface area contributed by atoms with E-state index in [1.165, 1.54) is 0 Å². The van der Waals surface area contributed by atoms with Crippen LogP contribution in [0.3, 0.4) is 0 Å². The second-order valence-electron chi connectivity index (χ2n) is 5.74. The third kappa shape index (κ3) is 4.66. The Hall–Kier alpha value is -2.18. The molecule has 0 aliphatic carbocycles. The quantitative estimate of drug-likeness (QED) is 0.814. The molecule has 0 unspecified atom stereocenters. The summed E-state index contributed by atoms with van der Waals surface area (Å²) in [6, 6.07) is 12.2. The topological polar surface area (TPSA) is 62.3 Å². The molecule has 2 N–H and O–H groups in total. The van der Waals surface area contributed by atoms with Gasteiger partial charge in [0.2, 0.25) is 5.95 Å². The number of ether oxygens (including phenoxy) is 1. The average molecular weight is 327 g/mol. The van der Waals surface area contributed by atoms with E-state index in [2.05, 4.69) is 37.6 Å². The molecule has 0 radical (unpaired) electrons. The molecule has 2 aromatic rings. The van der Waals surface area contributed by atoms with Crippen molar-refractivity contribution in [1.82, 2.24) is 14.9 Å². The van der Waals surface area contributed by atoms with Crippen molar-refractivity contribution in [2.45, 2.75) is 6.92 Å². The van der Waals surface area contributed by atoms with Gasteiger partial charge in [0, 0.05) is 44.4 Å². The van der Waals surface area contributed by atoms with Gasteiger partial charge in [0.1, 0.15) is 5.82 Å². The number of nitrogens with one attached hydrogen (secondary N) is 2. The first-order valence-corrected chi connectivity index (χ1v) is 8.57. The van der Waals surface area contributed by atoms with Gasteiger partial charge >= 0.3 is 0 Å². The number of hydrogen-bond acceptors (Lipinski definition) is 6. The lowest BCUT2D eigenvalue weighted by Gasteiger charge is -2.26. The smallest absolute Gasteiger partial charge is 0.225 e. The average Bonchev–Trinajstić information content (AvgIpc) is 2.63. The van der Waals surface area contributed by atoms with Crippen LogP contribution in [-0.4, -0.2) is 60.8 Å². The Kier molecular flexibility index (Phi) is 5.98. The Morgan fingerprint density at radius 2 is 1.88 bits per heavy atom. The number of benzene rings is 1. The van der Waals surface area contributed by atoms with Crippen LogP contribution in [0.5, 0.6) is 0 Å². The van der Waals surface area contributed by atoms with Crippen LogP contribution in [0.1, 0.15) is 6.92 Å². The highest BCUT2D eigenvalue weighted by molar-refractivity contribution is 5.64. The molecule has 6 nitrogen and oxygen atoms in total. The van der Waals surface area contributed by atoms with E-state index in [1.807, 2.05) is 31.2 Å². The van der Waals surface area contributed by atoms with Gasteiger partial charge < -0.3 is 15.4 Å². The van der Waals surface area contributed by atoms with Crippen LogP contribution in [-0.2, 0) is 4.74 Å². The predicted molar refractivity (Wildman–Crippen MR) is 97.4 cm³/mol. The van der Waals surface area contributed by atoms with Gasteiger partial charge in [-0.3, -0.25) is 4.90 Å². The summed E-state index contributed by atoms with van der Waals surface area (Å²) in [5, 5.41) is 6.64. The Balaban J connectivity index is 1.68. The second kappa shape index (κ2) is 8.61. The standard InChI is InChI=1S/C18H25N5O/c1-2-19-18-21-16(15-6-4-3-5-7-15)14-17(22-18)20-8-9-23-10-12-24-13-11-23/h3-7,14H,2,8-13H2,1H3,(H2,19,20,21,22). The second-order valence-corrected chi connectivity index (χ2v) is 5.74. The van der Waals surface area contributed by atoms with Gasteiger partial charge in [0.15, 0.2) is 0 Å². The minimum atomic E-state index is 0.660. The highest BCUT2D eigenvalue weighted by Gasteiger charge is 2.10. The third-order valence-corrected chi connectivity index (χ3v) is 3.97. The Bertz CT molecular complexity index is 629. The van der Waals surface area contributed by atoms with Crippen molar-refractivity contribution < 1.29 is 4.74 Å². The van der Waals surface area contributed by atoms with Crippen LogP contribution in [0.25, 0.3) is 11.3 Å². The van der Waals surface area contributed by atoms with E-state index in [0.29, 0.717) is 5.95 Å². The molecule has 3 rings (SSSR count). The summed E-state index contributed by atoms with van der Waals surface area (Å²) < 4.78 is 5.38. The Labute approximate surface area is 143 Å². The summed E-state index contributed by atoms with van der Waals surface area (Å²) in [5.74, 6) is 1.51. The molecule has 2 heterocycles. The predicted octanol–water partition coefficient (Wildman–Crippen LogP) is 2.32. The molecule has 0 spiro atoms. The summed E-state index contributed by atoms with van der Waals surface area (Å²) in [6.07, 6.45) is 0. The number of morpholine rings is 1. The first-order chi connectivity index (χ1) is 11.8. The van der Waals surface area contributed by atoms with Crippen molar-refractivity contribution in [3.63, 3.8) is 0 Å². The van der Waals surface area contributed by atoms with E-state index in [4.69, 9.17) is 4.74 Å². The molecule has 6 heteroatoms. The molecular weight excluding hydrogens is 302 g/mol. The number of nitrogens with zero attached hydrogens (tertiary/aromatic N) is 3. The monoisotopic (exact) mass is 327 g/mol. The number of hydrogen-bond donors (Lipinski definition) is 2. The van der Waals surface area contributed by atoms with Gasteiger partial charge in [0.25, 0.3) is 0 Å². The molecule has 1 aromatic carbocycles. The molecule has 128 valence electrons. The molecule has 0 atom stereocenters. The fraction of sp³-hybridized carbons (Fsp3) is 0.444. The van der Waals surface area contributed by atoms with Gasteiger partial charge in [-0.05, 0) is 6.92 Å². The third-order valence-electron chi connectivity index (χ3n) is 3.97. The highest BCUT2D eigenvalue weighted by atomic mass is 16.5. The van der Waals surface area contributed by atoms with E-state index >= 15 is 0 Å². The number of anilines is 2. The van der Waals surface area contributed by atoms with Crippen LogP contribution in [0.15, 0.2) is 36.4 Å². The van der Waals surface area contributed by atoms with E-state index in [9.17, 15) is 0 Å². The normalized spacial score (nSPS) is 15.2. The highest BCUT2D eigenvalue weighted by Crippen LogP contribution is 2.21. The van der Waals surface area contributed by atoms with Gasteiger partial charge in [-0.2, -0.15) is 4.98 Å². The van der Waals surface area contributed by atoms with E-state index in [1.54, 1.807) is 0 Å². The fourth-order valence-electron chi connectivity index (χ4n) is 2.70. The maximum absolute atomic E-state index is 5.38. The van der Waals surface area contributed by atoms with Crippen molar-refractivity contribution >= 4 is 11.8 Å². The van der Waals surface area contributed by atoms with Crippen LogP contribution < -0.4 is 10.6 Å². The van der Waals surface area contributed by atoms with Crippen LogP contribution in [0.2, 0.25) is 0 Å². The van der Waals surface area contributed by atoms with Crippen molar-refractivity contribution in [1.29, 1.82) is 0 Å². The van der Waals surface area contributed by atoms with E-state index in [0.717, 1.165) is 63.0 Å². The van der Waals surface area contributed by atoms with Crippen molar-refractivity contribution in [3.05, 3.63) is 36.4 Å². The molecule has 1 aliphatic heterocycles. The van der Waals surface area contributed by atoms with E-state index in [-0.39, 0.29) is 0 Å². The van der Waals surface area contributed by atoms with Gasteiger partial charge in [-0.15, -0.1) is 0 Å². The maximum Gasteiger partial charge on any atom is 0.225 e. The van der Waals surface area contributed by atoms with Gasteiger partial charge in [-0.1, -0.05) is 30.3 Å². The molecular formula is C18H25N5O. The summed E-state index contributed by atoms with van der Waals surface area (Å²) in [4.78, 5) is 11.6. The Morgan fingerprint density at radius 3 is 2.62 bits per heavy atom. The molecule has 0 saturated carbocycles. The summed E-state index contributed by atoms with van der Waals surface area (Å²) in [7, 11) is 0. The Morgan fingerprint density at radius 1 is 1.08 bits per heavy atom. The lowest BCUT2D eigenvalue weighted by atomic mass is 10.1. The maximum atomic E-state index is 5.38. The molecule has 0 bridgehead atoms. The molecule has 1 fully saturated rings. The lowest BCUT2D eigenvalue weighted by Crippen LogP contribution is -2.39. The fourth-order valence-corrected chi connectivity index (χ4v) is 2.70. The van der Waals surface area contributed by atoms with Gasteiger partial charge in [-0.25, -0.2) is 4.98 Å². The van der Waals surface area contributed by atoms with Crippen LogP contribution in [0.4, 0.5) is 11.8 Å². The molecule has 0 amide bonds. The summed E-state index contributed by atoms with van der Waals surface area (Å²) in [5.41, 5.74) is 2.02. The minimum Gasteiger partial charge on any atom is -0.379 e. The van der Waals surface area contributed by atoms with Crippen LogP contribution in [0, 0.1) is 0 Å². The molecule has 1 aromatic heterocycles. The zero-order valence-corrected chi connectivity index (χ0v) is 14.2. The van der Waals surface area contributed by atoms with Crippen LogP contribution >= 0.6 is 0 Å². The largest absolute Gasteiger partial charge is 0.379 e. The molecule has 24 heavy (non-hydrogen) atoms. The van der Waals surface area contributed by atoms with Crippen molar-refractivity contribution in [3.8, 4) is 11.3 Å². The van der Waals surface area contributed by atoms with E-state index < -0.39 is 0 Å². The number of rotatable bonds is 7. The number of aromatic nitrogens is 2. The minimum absolute atomic E-state index is 0.660. The lowest BCUT2D eigenvalue weighted by molar-refractivity contribution is 0.0398. The van der Waals surface area contributed by atoms with Gasteiger partial charge in [0.05, 0.1) is 18.9 Å². The summed E-state index contributed by atoms with van der Waals surface area (Å²) >= 11 is 0. The van der Waals surface area contributed by atoms with Crippen molar-refractivity contribution in [2.24, 2.45) is 0 Å². The molecule has 1 aliphatic rings. The zero-order valence-electron chi connectivity index (χ0n) is 14.2. The first-order valence-electron chi connectivity index (χ1n) is 8.57.